The summed E-state index contributed by atoms with van der Waals surface area (Å²) < 4.78 is 5.76. The molecule has 1 aromatic rings. The molecule has 108 valence electrons. The summed E-state index contributed by atoms with van der Waals surface area (Å²) >= 11 is 0. The lowest BCUT2D eigenvalue weighted by atomic mass is 10.1. The Labute approximate surface area is 117 Å². The van der Waals surface area contributed by atoms with Gasteiger partial charge in [-0.25, -0.2) is 0 Å². The Bertz CT molecular complexity index is 331. The fourth-order valence-electron chi connectivity index (χ4n) is 1.83. The smallest absolute Gasteiger partial charge is 0.137 e. The first-order chi connectivity index (χ1) is 9.15. The molecule has 0 aromatic carbocycles. The van der Waals surface area contributed by atoms with Crippen LogP contribution >= 0.6 is 0 Å². The van der Waals surface area contributed by atoms with Crippen LogP contribution in [0.1, 0.15) is 46.2 Å². The minimum Gasteiger partial charge on any atom is -0.492 e. The van der Waals surface area contributed by atoms with E-state index in [-0.39, 0.29) is 0 Å². The van der Waals surface area contributed by atoms with Gasteiger partial charge in [-0.15, -0.1) is 0 Å². The van der Waals surface area contributed by atoms with Gasteiger partial charge in [-0.2, -0.15) is 0 Å². The van der Waals surface area contributed by atoms with Gasteiger partial charge in [-0.3, -0.25) is 4.98 Å². The van der Waals surface area contributed by atoms with Gasteiger partial charge in [0.25, 0.3) is 0 Å². The van der Waals surface area contributed by atoms with Crippen molar-refractivity contribution < 1.29 is 4.74 Å². The number of aromatic nitrogens is 1. The summed E-state index contributed by atoms with van der Waals surface area (Å²) in [5.41, 5.74) is 1.07. The molecular weight excluding hydrogens is 236 g/mol. The van der Waals surface area contributed by atoms with Crippen molar-refractivity contribution in [3.05, 3.63) is 24.0 Å². The maximum absolute atomic E-state index is 5.76. The Morgan fingerprint density at radius 2 is 1.95 bits per heavy atom. The summed E-state index contributed by atoms with van der Waals surface area (Å²) in [5.74, 6) is 2.19. The van der Waals surface area contributed by atoms with Gasteiger partial charge in [-0.1, -0.05) is 40.5 Å². The lowest BCUT2D eigenvalue weighted by Crippen LogP contribution is -2.19. The van der Waals surface area contributed by atoms with Gasteiger partial charge in [0.05, 0.1) is 18.5 Å². The maximum atomic E-state index is 5.76. The Morgan fingerprint density at radius 1 is 1.21 bits per heavy atom. The molecule has 0 unspecified atom stereocenters. The van der Waals surface area contributed by atoms with Crippen LogP contribution < -0.4 is 10.1 Å². The number of nitrogens with one attached hydrogen (secondary N) is 1. The standard InChI is InChI=1S/C16H28N2O/c1-5-14(6-2)12-19-16-8-7-15(18-11-16)10-17-9-13(3)4/h7-8,11,13-14,17H,5-6,9-10,12H2,1-4H3. The van der Waals surface area contributed by atoms with Crippen molar-refractivity contribution in [2.24, 2.45) is 11.8 Å². The van der Waals surface area contributed by atoms with Gasteiger partial charge in [0.15, 0.2) is 0 Å². The first-order valence-corrected chi connectivity index (χ1v) is 7.44. The molecule has 1 aromatic heterocycles. The average Bonchev–Trinajstić information content (AvgIpc) is 2.41. The van der Waals surface area contributed by atoms with Crippen molar-refractivity contribution in [3.63, 3.8) is 0 Å². The van der Waals surface area contributed by atoms with Crippen LogP contribution in [0.3, 0.4) is 0 Å². The lowest BCUT2D eigenvalue weighted by Gasteiger charge is -2.13. The predicted octanol–water partition coefficient (Wildman–Crippen LogP) is 3.64. The molecule has 1 N–H and O–H groups in total. The molecule has 0 saturated heterocycles. The zero-order chi connectivity index (χ0) is 14.1. The van der Waals surface area contributed by atoms with Crippen molar-refractivity contribution in [1.82, 2.24) is 10.3 Å². The van der Waals surface area contributed by atoms with Crippen molar-refractivity contribution in [2.45, 2.75) is 47.1 Å². The van der Waals surface area contributed by atoms with Gasteiger partial charge in [0.2, 0.25) is 0 Å². The summed E-state index contributed by atoms with van der Waals surface area (Å²) in [6.45, 7) is 11.5. The molecule has 3 nitrogen and oxygen atoms in total. The number of rotatable bonds is 9. The normalized spacial score (nSPS) is 11.3. The Kier molecular flexibility index (Phi) is 7.49. The van der Waals surface area contributed by atoms with Gasteiger partial charge in [0.1, 0.15) is 5.75 Å². The third-order valence-electron chi connectivity index (χ3n) is 3.30. The summed E-state index contributed by atoms with van der Waals surface area (Å²) in [6.07, 6.45) is 4.16. The summed E-state index contributed by atoms with van der Waals surface area (Å²) in [4.78, 5) is 4.42. The van der Waals surface area contributed by atoms with E-state index in [0.717, 1.165) is 31.1 Å². The molecular formula is C16H28N2O. The van der Waals surface area contributed by atoms with Crippen LogP contribution in [0.25, 0.3) is 0 Å². The Balaban J connectivity index is 2.34. The van der Waals surface area contributed by atoms with Crippen LogP contribution in [0.15, 0.2) is 18.3 Å². The molecule has 0 bridgehead atoms. The van der Waals surface area contributed by atoms with Crippen molar-refractivity contribution in [3.8, 4) is 5.75 Å². The van der Waals surface area contributed by atoms with E-state index in [2.05, 4.69) is 38.0 Å². The zero-order valence-corrected chi connectivity index (χ0v) is 12.8. The minimum absolute atomic E-state index is 0.646. The van der Waals surface area contributed by atoms with Crippen molar-refractivity contribution in [1.29, 1.82) is 0 Å². The third-order valence-corrected chi connectivity index (χ3v) is 3.30. The molecule has 0 atom stereocenters. The summed E-state index contributed by atoms with van der Waals surface area (Å²) in [6, 6.07) is 4.05. The Hall–Kier alpha value is -1.09. The number of hydrogen-bond donors (Lipinski definition) is 1. The molecule has 0 radical (unpaired) electrons. The largest absolute Gasteiger partial charge is 0.492 e. The molecule has 19 heavy (non-hydrogen) atoms. The molecule has 0 fully saturated rings. The number of pyridine rings is 1. The molecule has 0 amide bonds. The van der Waals surface area contributed by atoms with Crippen LogP contribution in [0.4, 0.5) is 0 Å². The molecule has 0 saturated carbocycles. The highest BCUT2D eigenvalue weighted by atomic mass is 16.5. The number of nitrogens with zero attached hydrogens (tertiary/aromatic N) is 1. The highest BCUT2D eigenvalue weighted by molar-refractivity contribution is 5.19. The van der Waals surface area contributed by atoms with Gasteiger partial charge in [-0.05, 0) is 30.5 Å². The minimum atomic E-state index is 0.646. The van der Waals surface area contributed by atoms with E-state index < -0.39 is 0 Å². The second-order valence-corrected chi connectivity index (χ2v) is 5.50. The topological polar surface area (TPSA) is 34.1 Å². The van der Waals surface area contributed by atoms with E-state index in [1.54, 1.807) is 0 Å². The van der Waals surface area contributed by atoms with Gasteiger partial charge < -0.3 is 10.1 Å². The van der Waals surface area contributed by atoms with E-state index in [4.69, 9.17) is 4.74 Å². The molecule has 0 aliphatic carbocycles. The second kappa shape index (κ2) is 8.92. The highest BCUT2D eigenvalue weighted by Gasteiger charge is 2.04. The van der Waals surface area contributed by atoms with Crippen LogP contribution in [0.2, 0.25) is 0 Å². The van der Waals surface area contributed by atoms with E-state index in [1.807, 2.05) is 18.3 Å². The van der Waals surface area contributed by atoms with E-state index >= 15 is 0 Å². The molecule has 0 aliphatic rings. The Morgan fingerprint density at radius 3 is 2.47 bits per heavy atom. The van der Waals surface area contributed by atoms with E-state index in [9.17, 15) is 0 Å². The average molecular weight is 264 g/mol. The van der Waals surface area contributed by atoms with Crippen LogP contribution in [0, 0.1) is 11.8 Å². The molecule has 1 heterocycles. The van der Waals surface area contributed by atoms with Crippen LogP contribution in [0.5, 0.6) is 5.75 Å². The summed E-state index contributed by atoms with van der Waals surface area (Å²) in [7, 11) is 0. The SMILES string of the molecule is CCC(CC)COc1ccc(CNCC(C)C)nc1. The second-order valence-electron chi connectivity index (χ2n) is 5.50. The first kappa shape index (κ1) is 16.0. The zero-order valence-electron chi connectivity index (χ0n) is 12.8. The molecule has 1 rings (SSSR count). The fraction of sp³-hybridized carbons (Fsp3) is 0.688. The monoisotopic (exact) mass is 264 g/mol. The number of hydrogen-bond acceptors (Lipinski definition) is 3. The fourth-order valence-corrected chi connectivity index (χ4v) is 1.83. The maximum Gasteiger partial charge on any atom is 0.137 e. The predicted molar refractivity (Wildman–Crippen MR) is 80.3 cm³/mol. The molecule has 0 aliphatic heterocycles. The molecule has 3 heteroatoms. The summed E-state index contributed by atoms with van der Waals surface area (Å²) in [5, 5.41) is 3.39. The lowest BCUT2D eigenvalue weighted by molar-refractivity contribution is 0.240. The van der Waals surface area contributed by atoms with Crippen molar-refractivity contribution >= 4 is 0 Å². The quantitative estimate of drug-likeness (QED) is 0.739. The highest BCUT2D eigenvalue weighted by Crippen LogP contribution is 2.13. The van der Waals surface area contributed by atoms with Gasteiger partial charge >= 0.3 is 0 Å². The first-order valence-electron chi connectivity index (χ1n) is 7.44. The van der Waals surface area contributed by atoms with Crippen LogP contribution in [-0.4, -0.2) is 18.1 Å². The molecule has 0 spiro atoms. The third kappa shape index (κ3) is 6.58. The van der Waals surface area contributed by atoms with Gasteiger partial charge in [0, 0.05) is 6.54 Å². The van der Waals surface area contributed by atoms with Crippen molar-refractivity contribution in [2.75, 3.05) is 13.2 Å². The number of ether oxygens (including phenoxy) is 1. The van der Waals surface area contributed by atoms with Crippen LogP contribution in [-0.2, 0) is 6.54 Å². The van der Waals surface area contributed by atoms with E-state index in [1.165, 1.54) is 12.8 Å². The van der Waals surface area contributed by atoms with E-state index in [0.29, 0.717) is 11.8 Å².